The number of alkyl halides is 2. The van der Waals surface area contributed by atoms with Crippen LogP contribution in [0.25, 0.3) is 0 Å². The molecule has 0 radical (unpaired) electrons. The van der Waals surface area contributed by atoms with Crippen molar-refractivity contribution >= 4 is 9.03 Å². The van der Waals surface area contributed by atoms with Gasteiger partial charge in [0.25, 0.3) is 6.43 Å². The second-order valence-electron chi connectivity index (χ2n) is 0.990. The molecule has 1 atom stereocenters. The number of hydrogen-bond donors (Lipinski definition) is 0. The number of rotatable bonds is 4. The Hall–Kier alpha value is 0.210. The smallest absolute Gasteiger partial charge is 0.262 e. The summed E-state index contributed by atoms with van der Waals surface area (Å²) in [7, 11) is 1.12. The first-order valence-corrected chi connectivity index (χ1v) is 2.77. The summed E-state index contributed by atoms with van der Waals surface area (Å²) in [5.41, 5.74) is 0. The fraction of sp³-hybridized carbons (Fsp3) is 1.00. The Balaban J connectivity index is 2.72. The third-order valence-corrected chi connectivity index (χ3v) is 0.803. The molecule has 50 valence electrons. The summed E-state index contributed by atoms with van der Waals surface area (Å²) in [6.07, 6.45) is -2.39. The van der Waals surface area contributed by atoms with Crippen molar-refractivity contribution in [2.45, 2.75) is 6.43 Å². The van der Waals surface area contributed by atoms with E-state index in [-0.39, 0.29) is 9.03 Å². The lowest BCUT2D eigenvalue weighted by Crippen LogP contribution is -1.97. The molecule has 0 aliphatic heterocycles. The summed E-state index contributed by atoms with van der Waals surface area (Å²) in [4.78, 5) is 0. The van der Waals surface area contributed by atoms with Gasteiger partial charge in [0.05, 0.1) is 0 Å². The molecule has 0 bridgehead atoms. The standard InChI is InChI=1S/C3H7F2O2P/c1-6-8-7-2-3(4)5/h3,8H,2H2,1H3. The molecule has 0 spiro atoms. The minimum Gasteiger partial charge on any atom is -0.340 e. The van der Waals surface area contributed by atoms with Crippen molar-refractivity contribution in [3.8, 4) is 0 Å². The molecule has 5 heteroatoms. The summed E-state index contributed by atoms with van der Waals surface area (Å²) in [6.45, 7) is -0.535. The van der Waals surface area contributed by atoms with E-state index in [1.54, 1.807) is 0 Å². The van der Waals surface area contributed by atoms with Crippen LogP contribution >= 0.6 is 9.03 Å². The molecule has 2 nitrogen and oxygen atoms in total. The summed E-state index contributed by atoms with van der Waals surface area (Å²) < 4.78 is 31.0. The Bertz CT molecular complexity index is 52.5. The zero-order chi connectivity index (χ0) is 6.41. The van der Waals surface area contributed by atoms with Gasteiger partial charge in [-0.2, -0.15) is 0 Å². The summed E-state index contributed by atoms with van der Waals surface area (Å²) in [5.74, 6) is 0. The van der Waals surface area contributed by atoms with E-state index in [0.29, 0.717) is 0 Å². The molecule has 8 heavy (non-hydrogen) atoms. The third-order valence-electron chi connectivity index (χ3n) is 0.352. The average Bonchev–Trinajstić information content (AvgIpc) is 1.66. The van der Waals surface area contributed by atoms with Crippen molar-refractivity contribution in [2.75, 3.05) is 13.7 Å². The van der Waals surface area contributed by atoms with Gasteiger partial charge in [0.1, 0.15) is 6.61 Å². The van der Waals surface area contributed by atoms with Crippen molar-refractivity contribution in [3.63, 3.8) is 0 Å². The van der Waals surface area contributed by atoms with Gasteiger partial charge >= 0.3 is 0 Å². The zero-order valence-corrected chi connectivity index (χ0v) is 5.36. The lowest BCUT2D eigenvalue weighted by Gasteiger charge is -1.97. The van der Waals surface area contributed by atoms with Gasteiger partial charge in [-0.1, -0.05) is 0 Å². The predicted molar refractivity (Wildman–Crippen MR) is 27.3 cm³/mol. The van der Waals surface area contributed by atoms with E-state index in [0.717, 1.165) is 0 Å². The Morgan fingerprint density at radius 3 is 2.62 bits per heavy atom. The second-order valence-corrected chi connectivity index (χ2v) is 1.85. The van der Waals surface area contributed by atoms with Gasteiger partial charge in [-0.15, -0.1) is 0 Å². The molecule has 0 rings (SSSR count). The normalized spacial score (nSPS) is 12.0. The minimum atomic E-state index is -2.39. The first-order valence-electron chi connectivity index (χ1n) is 1.95. The van der Waals surface area contributed by atoms with Gasteiger partial charge < -0.3 is 9.05 Å². The molecule has 1 unspecified atom stereocenters. The molecule has 0 saturated heterocycles. The van der Waals surface area contributed by atoms with Crippen molar-refractivity contribution in [2.24, 2.45) is 0 Å². The molecule has 0 aromatic rings. The van der Waals surface area contributed by atoms with Crippen LogP contribution in [0.1, 0.15) is 0 Å². The highest BCUT2D eigenvalue weighted by molar-refractivity contribution is 7.26. The number of hydrogen-bond acceptors (Lipinski definition) is 2. The average molecular weight is 144 g/mol. The Morgan fingerprint density at radius 2 is 2.25 bits per heavy atom. The van der Waals surface area contributed by atoms with Gasteiger partial charge in [0.2, 0.25) is 0 Å². The molecule has 0 heterocycles. The first-order chi connectivity index (χ1) is 3.77. The molecule has 0 fully saturated rings. The summed E-state index contributed by atoms with van der Waals surface area (Å²) >= 11 is 0. The van der Waals surface area contributed by atoms with Gasteiger partial charge in [0, 0.05) is 7.11 Å². The van der Waals surface area contributed by atoms with Crippen LogP contribution in [-0.4, -0.2) is 20.1 Å². The highest BCUT2D eigenvalue weighted by atomic mass is 31.1. The van der Waals surface area contributed by atoms with Crippen LogP contribution in [0.3, 0.4) is 0 Å². The van der Waals surface area contributed by atoms with Gasteiger partial charge in [-0.05, 0) is 0 Å². The molecule has 0 aromatic heterocycles. The van der Waals surface area contributed by atoms with E-state index < -0.39 is 13.0 Å². The lowest BCUT2D eigenvalue weighted by molar-refractivity contribution is 0.0840. The van der Waals surface area contributed by atoms with Crippen LogP contribution in [0.15, 0.2) is 0 Å². The highest BCUT2D eigenvalue weighted by Crippen LogP contribution is 2.11. The first kappa shape index (κ1) is 8.21. The van der Waals surface area contributed by atoms with Crippen LogP contribution in [0.2, 0.25) is 0 Å². The highest BCUT2D eigenvalue weighted by Gasteiger charge is 1.99. The molecule has 0 amide bonds. The van der Waals surface area contributed by atoms with Crippen LogP contribution in [0, 0.1) is 0 Å². The molecule has 0 saturated carbocycles. The van der Waals surface area contributed by atoms with Gasteiger partial charge in [0.15, 0.2) is 9.03 Å². The Morgan fingerprint density at radius 1 is 1.62 bits per heavy atom. The van der Waals surface area contributed by atoms with E-state index in [1.165, 1.54) is 7.11 Å². The predicted octanol–water partition coefficient (Wildman–Crippen LogP) is 1.42. The third kappa shape index (κ3) is 6.21. The molecule has 0 N–H and O–H groups in total. The second kappa shape index (κ2) is 5.35. The molecular formula is C3H7F2O2P. The monoisotopic (exact) mass is 144 g/mol. The Labute approximate surface area is 48.1 Å². The molecule has 0 aromatic carbocycles. The van der Waals surface area contributed by atoms with Gasteiger partial charge in [-0.3, -0.25) is 0 Å². The van der Waals surface area contributed by atoms with Crippen molar-refractivity contribution in [1.82, 2.24) is 0 Å². The van der Waals surface area contributed by atoms with Crippen LogP contribution < -0.4 is 0 Å². The lowest BCUT2D eigenvalue weighted by atomic mass is 10.8. The fourth-order valence-electron chi connectivity index (χ4n) is 0.156. The van der Waals surface area contributed by atoms with Crippen molar-refractivity contribution in [3.05, 3.63) is 0 Å². The van der Waals surface area contributed by atoms with E-state index in [9.17, 15) is 8.78 Å². The largest absolute Gasteiger partial charge is 0.340 e. The van der Waals surface area contributed by atoms with E-state index >= 15 is 0 Å². The molecule has 0 aliphatic rings. The minimum absolute atomic E-state index is 0.272. The molecule has 0 aliphatic carbocycles. The summed E-state index contributed by atoms with van der Waals surface area (Å²) in [5, 5.41) is 0. The number of halogens is 2. The SMILES string of the molecule is COPOCC(F)F. The molecular weight excluding hydrogens is 137 g/mol. The maximum atomic E-state index is 11.2. The zero-order valence-electron chi connectivity index (χ0n) is 4.36. The van der Waals surface area contributed by atoms with E-state index in [4.69, 9.17) is 0 Å². The van der Waals surface area contributed by atoms with Crippen molar-refractivity contribution in [1.29, 1.82) is 0 Å². The maximum absolute atomic E-state index is 11.2. The van der Waals surface area contributed by atoms with Crippen LogP contribution in [0.4, 0.5) is 8.78 Å². The van der Waals surface area contributed by atoms with Crippen LogP contribution in [0.5, 0.6) is 0 Å². The topological polar surface area (TPSA) is 18.5 Å². The van der Waals surface area contributed by atoms with Gasteiger partial charge in [-0.25, -0.2) is 8.78 Å². The quantitative estimate of drug-likeness (QED) is 0.438. The van der Waals surface area contributed by atoms with E-state index in [1.807, 2.05) is 0 Å². The summed E-state index contributed by atoms with van der Waals surface area (Å²) in [6, 6.07) is 0. The fourth-order valence-corrected chi connectivity index (χ4v) is 0.468. The van der Waals surface area contributed by atoms with Crippen LogP contribution in [-0.2, 0) is 9.05 Å². The van der Waals surface area contributed by atoms with E-state index in [2.05, 4.69) is 9.05 Å². The van der Waals surface area contributed by atoms with Crippen molar-refractivity contribution < 1.29 is 17.8 Å². The maximum Gasteiger partial charge on any atom is 0.262 e. The Kier molecular flexibility index (Phi) is 5.49.